The molecule has 0 bridgehead atoms. The lowest BCUT2D eigenvalue weighted by Gasteiger charge is -2.19. The van der Waals surface area contributed by atoms with Gasteiger partial charge in [-0.3, -0.25) is 9.59 Å². The van der Waals surface area contributed by atoms with E-state index in [0.717, 1.165) is 44.1 Å². The molecular formula is C25H34N3O2+. The van der Waals surface area contributed by atoms with Gasteiger partial charge in [0.05, 0.1) is 6.54 Å². The number of carbonyl (C=O) groups excluding carboxylic acids is 2. The number of nitrogens with one attached hydrogen (secondary N) is 3. The van der Waals surface area contributed by atoms with Gasteiger partial charge in [0.25, 0.3) is 11.8 Å². The summed E-state index contributed by atoms with van der Waals surface area (Å²) in [6.45, 7) is 13.0. The van der Waals surface area contributed by atoms with Crippen LogP contribution in [0.2, 0.25) is 0 Å². The van der Waals surface area contributed by atoms with E-state index in [1.165, 1.54) is 0 Å². The zero-order chi connectivity index (χ0) is 22.3. The summed E-state index contributed by atoms with van der Waals surface area (Å²) in [5.74, 6) is -0.186. The molecule has 0 heterocycles. The third-order valence-electron chi connectivity index (χ3n) is 5.11. The molecule has 3 N–H and O–H groups in total. The Bertz CT molecular complexity index is 835. The van der Waals surface area contributed by atoms with Crippen molar-refractivity contribution in [2.24, 2.45) is 0 Å². The third-order valence-corrected chi connectivity index (χ3v) is 5.11. The molecule has 0 aliphatic heterocycles. The van der Waals surface area contributed by atoms with Gasteiger partial charge in [-0.25, -0.2) is 0 Å². The second-order valence-electron chi connectivity index (χ2n) is 8.22. The number of allylic oxidation sites excluding steroid dienone is 1. The summed E-state index contributed by atoms with van der Waals surface area (Å²) in [4.78, 5) is 26.4. The number of aryl methyl sites for hydroxylation is 4. The molecule has 2 amide bonds. The third kappa shape index (κ3) is 6.85. The van der Waals surface area contributed by atoms with Crippen molar-refractivity contribution in [3.8, 4) is 0 Å². The number of benzene rings is 2. The number of amides is 2. The first kappa shape index (κ1) is 23.4. The number of hydrogen-bond donors (Lipinski definition) is 3. The van der Waals surface area contributed by atoms with E-state index < -0.39 is 0 Å². The molecular weight excluding hydrogens is 374 g/mol. The molecule has 0 aromatic heterocycles. The van der Waals surface area contributed by atoms with Gasteiger partial charge in [-0.2, -0.15) is 0 Å². The van der Waals surface area contributed by atoms with E-state index in [4.69, 9.17) is 0 Å². The summed E-state index contributed by atoms with van der Waals surface area (Å²) in [7, 11) is 0. The lowest BCUT2D eigenvalue weighted by atomic mass is 10.1. The largest absolute Gasteiger partial charge is 0.321 e. The number of carbonyl (C=O) groups is 2. The topological polar surface area (TPSA) is 62.6 Å². The number of hydrogen-bond acceptors (Lipinski definition) is 2. The number of anilines is 2. The number of para-hydroxylation sites is 2. The molecule has 0 radical (unpaired) electrons. The maximum atomic E-state index is 12.7. The Labute approximate surface area is 180 Å². The molecule has 0 unspecified atom stereocenters. The molecule has 160 valence electrons. The monoisotopic (exact) mass is 408 g/mol. The van der Waals surface area contributed by atoms with E-state index in [0.29, 0.717) is 6.54 Å². The highest BCUT2D eigenvalue weighted by Gasteiger charge is 2.19. The quantitative estimate of drug-likeness (QED) is 0.587. The molecule has 0 saturated carbocycles. The predicted octanol–water partition coefficient (Wildman–Crippen LogP) is 3.35. The molecule has 2 aromatic rings. The van der Waals surface area contributed by atoms with Crippen LogP contribution in [0, 0.1) is 27.7 Å². The smallest absolute Gasteiger partial charge is 0.279 e. The Morgan fingerprint density at radius 3 is 1.47 bits per heavy atom. The van der Waals surface area contributed by atoms with Crippen LogP contribution < -0.4 is 15.5 Å². The van der Waals surface area contributed by atoms with Crippen molar-refractivity contribution in [3.05, 3.63) is 70.3 Å². The maximum Gasteiger partial charge on any atom is 0.279 e. The highest BCUT2D eigenvalue weighted by atomic mass is 16.2. The normalized spacial score (nSPS) is 10.6. The Hall–Kier alpha value is -2.92. The van der Waals surface area contributed by atoms with E-state index >= 15 is 0 Å². The van der Waals surface area contributed by atoms with E-state index in [-0.39, 0.29) is 24.9 Å². The van der Waals surface area contributed by atoms with Crippen molar-refractivity contribution < 1.29 is 14.5 Å². The van der Waals surface area contributed by atoms with Crippen molar-refractivity contribution >= 4 is 23.2 Å². The molecule has 2 rings (SSSR count). The highest BCUT2D eigenvalue weighted by molar-refractivity contribution is 5.94. The Balaban J connectivity index is 2.08. The fourth-order valence-corrected chi connectivity index (χ4v) is 3.40. The molecule has 0 atom stereocenters. The van der Waals surface area contributed by atoms with Crippen molar-refractivity contribution in [2.45, 2.75) is 41.5 Å². The summed E-state index contributed by atoms with van der Waals surface area (Å²) in [6.07, 6.45) is 2.06. The Kier molecular flexibility index (Phi) is 8.36. The Morgan fingerprint density at radius 1 is 0.767 bits per heavy atom. The van der Waals surface area contributed by atoms with Gasteiger partial charge in [-0.1, -0.05) is 42.0 Å². The van der Waals surface area contributed by atoms with Gasteiger partial charge in [0, 0.05) is 11.4 Å². The zero-order valence-corrected chi connectivity index (χ0v) is 19.0. The molecule has 5 nitrogen and oxygen atoms in total. The van der Waals surface area contributed by atoms with Gasteiger partial charge in [-0.05, 0) is 69.9 Å². The average Bonchev–Trinajstić information content (AvgIpc) is 2.66. The second-order valence-corrected chi connectivity index (χ2v) is 8.22. The summed E-state index contributed by atoms with van der Waals surface area (Å²) in [5.41, 5.74) is 6.98. The van der Waals surface area contributed by atoms with Crippen LogP contribution in [0.4, 0.5) is 11.4 Å². The highest BCUT2D eigenvalue weighted by Crippen LogP contribution is 2.19. The average molecular weight is 409 g/mol. The van der Waals surface area contributed by atoms with Crippen LogP contribution in [-0.2, 0) is 9.59 Å². The van der Waals surface area contributed by atoms with E-state index in [9.17, 15) is 9.59 Å². The molecule has 0 fully saturated rings. The Morgan fingerprint density at radius 2 is 1.13 bits per heavy atom. The molecule has 0 aliphatic rings. The van der Waals surface area contributed by atoms with Gasteiger partial charge in [0.2, 0.25) is 0 Å². The van der Waals surface area contributed by atoms with Crippen LogP contribution in [0.1, 0.15) is 36.1 Å². The first-order chi connectivity index (χ1) is 14.2. The van der Waals surface area contributed by atoms with Gasteiger partial charge < -0.3 is 15.5 Å². The first-order valence-corrected chi connectivity index (χ1v) is 10.4. The van der Waals surface area contributed by atoms with E-state index in [1.54, 1.807) is 0 Å². The van der Waals surface area contributed by atoms with Crippen LogP contribution in [0.15, 0.2) is 48.0 Å². The van der Waals surface area contributed by atoms with Crippen molar-refractivity contribution in [3.63, 3.8) is 0 Å². The van der Waals surface area contributed by atoms with E-state index in [2.05, 4.69) is 16.7 Å². The van der Waals surface area contributed by atoms with Crippen molar-refractivity contribution in [1.29, 1.82) is 0 Å². The number of rotatable bonds is 8. The van der Waals surface area contributed by atoms with Crippen LogP contribution in [0.25, 0.3) is 0 Å². The molecule has 0 saturated heterocycles. The zero-order valence-electron chi connectivity index (χ0n) is 19.0. The maximum absolute atomic E-state index is 12.7. The van der Waals surface area contributed by atoms with Crippen molar-refractivity contribution in [2.75, 3.05) is 30.3 Å². The minimum absolute atomic E-state index is 0.0931. The molecule has 30 heavy (non-hydrogen) atoms. The van der Waals surface area contributed by atoms with Crippen LogP contribution in [0.3, 0.4) is 0 Å². The van der Waals surface area contributed by atoms with Crippen LogP contribution in [0.5, 0.6) is 0 Å². The lowest BCUT2D eigenvalue weighted by molar-refractivity contribution is -0.877. The van der Waals surface area contributed by atoms with Gasteiger partial charge >= 0.3 is 0 Å². The minimum Gasteiger partial charge on any atom is -0.321 e. The SMILES string of the molecule is CC(C)=CC[NH+](CC(=O)Nc1c(C)cccc1C)CC(=O)Nc1c(C)cccc1C. The van der Waals surface area contributed by atoms with E-state index in [1.807, 2.05) is 77.9 Å². The number of quaternary nitrogens is 1. The van der Waals surface area contributed by atoms with Crippen LogP contribution >= 0.6 is 0 Å². The molecule has 5 heteroatoms. The standard InChI is InChI=1S/C25H33N3O2/c1-17(2)13-14-28(15-22(29)26-24-18(3)9-7-10-19(24)4)16-23(30)27-25-20(5)11-8-12-21(25)6/h7-13H,14-16H2,1-6H3,(H,26,29)(H,27,30)/p+1. The summed E-state index contributed by atoms with van der Waals surface area (Å²) < 4.78 is 0. The molecule has 0 aliphatic carbocycles. The lowest BCUT2D eigenvalue weighted by Crippen LogP contribution is -3.14. The predicted molar refractivity (Wildman–Crippen MR) is 124 cm³/mol. The molecule has 0 spiro atoms. The summed E-state index contributed by atoms with van der Waals surface area (Å²) in [6, 6.07) is 11.9. The molecule has 2 aromatic carbocycles. The fraction of sp³-hybridized carbons (Fsp3) is 0.360. The minimum atomic E-state index is -0.0931. The van der Waals surface area contributed by atoms with Gasteiger partial charge in [0.1, 0.15) is 0 Å². The van der Waals surface area contributed by atoms with Gasteiger partial charge in [-0.15, -0.1) is 0 Å². The summed E-state index contributed by atoms with van der Waals surface area (Å²) in [5, 5.41) is 6.05. The second kappa shape index (κ2) is 10.7. The van der Waals surface area contributed by atoms with Crippen molar-refractivity contribution in [1.82, 2.24) is 0 Å². The fourth-order valence-electron chi connectivity index (χ4n) is 3.40. The first-order valence-electron chi connectivity index (χ1n) is 10.4. The van der Waals surface area contributed by atoms with Gasteiger partial charge in [0.15, 0.2) is 13.1 Å². The summed E-state index contributed by atoms with van der Waals surface area (Å²) >= 11 is 0. The van der Waals surface area contributed by atoms with Crippen LogP contribution in [-0.4, -0.2) is 31.4 Å².